The van der Waals surface area contributed by atoms with Crippen molar-refractivity contribution in [2.24, 2.45) is 0 Å². The fourth-order valence-electron chi connectivity index (χ4n) is 2.23. The largest absolute Gasteiger partial charge is 0.480 e. The second-order valence-corrected chi connectivity index (χ2v) is 6.30. The lowest BCUT2D eigenvalue weighted by Gasteiger charge is -2.23. The Morgan fingerprint density at radius 3 is 2.69 bits per heavy atom. The van der Waals surface area contributed by atoms with Crippen LogP contribution in [0.5, 0.6) is 0 Å². The number of aliphatic carboxylic acids is 1. The van der Waals surface area contributed by atoms with Gasteiger partial charge >= 0.3 is 5.97 Å². The first-order chi connectivity index (χ1) is 7.53. The van der Waals surface area contributed by atoms with E-state index in [0.29, 0.717) is 32.4 Å². The first-order valence-corrected chi connectivity index (χ1v) is 6.85. The Morgan fingerprint density at radius 2 is 2.12 bits per heavy atom. The van der Waals surface area contributed by atoms with Crippen LogP contribution in [-0.4, -0.2) is 54.8 Å². The van der Waals surface area contributed by atoms with Gasteiger partial charge in [-0.2, -0.15) is 4.31 Å². The summed E-state index contributed by atoms with van der Waals surface area (Å²) in [5.41, 5.74) is 0. The van der Waals surface area contributed by atoms with E-state index < -0.39 is 27.3 Å². The predicted octanol–water partition coefficient (Wildman–Crippen LogP) is -0.346. The number of nitrogens with zero attached hydrogens (tertiary/aromatic N) is 1. The molecular formula is C9H15NO5S. The molecule has 2 rings (SSSR count). The van der Waals surface area contributed by atoms with Gasteiger partial charge in [0.2, 0.25) is 10.0 Å². The molecule has 0 spiro atoms. The normalized spacial score (nSPS) is 32.0. The van der Waals surface area contributed by atoms with Crippen molar-refractivity contribution in [3.8, 4) is 0 Å². The van der Waals surface area contributed by atoms with Crippen molar-refractivity contribution in [2.75, 3.05) is 19.8 Å². The number of sulfonamides is 1. The highest BCUT2D eigenvalue weighted by Crippen LogP contribution is 2.26. The van der Waals surface area contributed by atoms with E-state index in [1.165, 1.54) is 0 Å². The summed E-state index contributed by atoms with van der Waals surface area (Å²) in [7, 11) is -3.51. The number of carboxylic acids is 1. The molecule has 0 bridgehead atoms. The molecule has 92 valence electrons. The Hall–Kier alpha value is -0.660. The van der Waals surface area contributed by atoms with Crippen LogP contribution >= 0.6 is 0 Å². The summed E-state index contributed by atoms with van der Waals surface area (Å²) in [5.74, 6) is -1.06. The molecule has 2 heterocycles. The third-order valence-corrected chi connectivity index (χ3v) is 5.43. The first-order valence-electron chi connectivity index (χ1n) is 5.34. The van der Waals surface area contributed by atoms with Crippen molar-refractivity contribution in [1.29, 1.82) is 0 Å². The van der Waals surface area contributed by atoms with E-state index in [-0.39, 0.29) is 6.61 Å². The van der Waals surface area contributed by atoms with Crippen LogP contribution in [0, 0.1) is 0 Å². The Balaban J connectivity index is 2.19. The van der Waals surface area contributed by atoms with Crippen LogP contribution < -0.4 is 0 Å². The minimum atomic E-state index is -3.51. The fraction of sp³-hybridized carbons (Fsp3) is 0.889. The van der Waals surface area contributed by atoms with E-state index in [1.807, 2.05) is 0 Å². The number of rotatable bonds is 3. The smallest absolute Gasteiger partial charge is 0.322 e. The number of ether oxygens (including phenoxy) is 1. The van der Waals surface area contributed by atoms with Gasteiger partial charge in [0.15, 0.2) is 0 Å². The average molecular weight is 249 g/mol. The van der Waals surface area contributed by atoms with Crippen molar-refractivity contribution >= 4 is 16.0 Å². The topological polar surface area (TPSA) is 83.9 Å². The van der Waals surface area contributed by atoms with Crippen LogP contribution in [0.3, 0.4) is 0 Å². The lowest BCUT2D eigenvalue weighted by molar-refractivity contribution is -0.140. The van der Waals surface area contributed by atoms with Gasteiger partial charge in [0.05, 0.1) is 6.61 Å². The molecule has 6 nitrogen and oxygen atoms in total. The summed E-state index contributed by atoms with van der Waals surface area (Å²) in [6, 6.07) is -0.884. The van der Waals surface area contributed by atoms with Crippen molar-refractivity contribution in [3.05, 3.63) is 0 Å². The van der Waals surface area contributed by atoms with Gasteiger partial charge in [0.1, 0.15) is 11.3 Å². The highest BCUT2D eigenvalue weighted by atomic mass is 32.2. The third kappa shape index (κ3) is 1.94. The monoisotopic (exact) mass is 249 g/mol. The van der Waals surface area contributed by atoms with Gasteiger partial charge in [-0.15, -0.1) is 0 Å². The van der Waals surface area contributed by atoms with Gasteiger partial charge in [-0.1, -0.05) is 0 Å². The van der Waals surface area contributed by atoms with Crippen molar-refractivity contribution < 1.29 is 23.1 Å². The molecule has 7 heteroatoms. The molecule has 0 aromatic rings. The predicted molar refractivity (Wildman–Crippen MR) is 55.5 cm³/mol. The maximum Gasteiger partial charge on any atom is 0.322 e. The summed E-state index contributed by atoms with van der Waals surface area (Å²) >= 11 is 0. The molecule has 2 atom stereocenters. The van der Waals surface area contributed by atoms with Gasteiger partial charge in [-0.3, -0.25) is 4.79 Å². The average Bonchev–Trinajstić information content (AvgIpc) is 2.89. The Morgan fingerprint density at radius 1 is 1.38 bits per heavy atom. The zero-order valence-electron chi connectivity index (χ0n) is 8.83. The molecule has 16 heavy (non-hydrogen) atoms. The molecule has 2 saturated heterocycles. The van der Waals surface area contributed by atoms with Crippen LogP contribution in [0.1, 0.15) is 19.3 Å². The number of carbonyl (C=O) groups is 1. The summed E-state index contributed by atoms with van der Waals surface area (Å²) in [6.45, 7) is 0.941. The Bertz CT molecular complexity index is 373. The highest BCUT2D eigenvalue weighted by Gasteiger charge is 2.43. The van der Waals surface area contributed by atoms with E-state index >= 15 is 0 Å². The molecule has 2 aliphatic rings. The number of hydrogen-bond donors (Lipinski definition) is 1. The van der Waals surface area contributed by atoms with Crippen LogP contribution in [0.15, 0.2) is 0 Å². The van der Waals surface area contributed by atoms with E-state index in [4.69, 9.17) is 9.84 Å². The van der Waals surface area contributed by atoms with Gasteiger partial charge in [0.25, 0.3) is 0 Å². The Labute approximate surface area is 94.2 Å². The lowest BCUT2D eigenvalue weighted by Crippen LogP contribution is -2.45. The van der Waals surface area contributed by atoms with Crippen molar-refractivity contribution in [2.45, 2.75) is 30.6 Å². The first kappa shape index (κ1) is 11.8. The molecule has 0 aromatic heterocycles. The van der Waals surface area contributed by atoms with E-state index in [0.717, 1.165) is 4.31 Å². The minimum Gasteiger partial charge on any atom is -0.480 e. The minimum absolute atomic E-state index is 0.186. The lowest BCUT2D eigenvalue weighted by atomic mass is 10.2. The zero-order chi connectivity index (χ0) is 11.8. The molecule has 2 aliphatic heterocycles. The van der Waals surface area contributed by atoms with Crippen molar-refractivity contribution in [1.82, 2.24) is 4.31 Å². The standard InChI is InChI=1S/C9H15NO5S/c11-9(12)8-2-1-4-10(8)16(13,14)7-3-5-15-6-7/h7-8H,1-6H2,(H,11,12). The molecule has 2 unspecified atom stereocenters. The van der Waals surface area contributed by atoms with Gasteiger partial charge < -0.3 is 9.84 Å². The molecule has 0 aromatic carbocycles. The van der Waals surface area contributed by atoms with E-state index in [9.17, 15) is 13.2 Å². The van der Waals surface area contributed by atoms with Crippen LogP contribution in [0.2, 0.25) is 0 Å². The quantitative estimate of drug-likeness (QED) is 0.739. The molecule has 0 amide bonds. The zero-order valence-corrected chi connectivity index (χ0v) is 9.65. The third-order valence-electron chi connectivity index (χ3n) is 3.12. The van der Waals surface area contributed by atoms with Crippen LogP contribution in [0.25, 0.3) is 0 Å². The van der Waals surface area contributed by atoms with E-state index in [2.05, 4.69) is 0 Å². The maximum absolute atomic E-state index is 12.1. The number of carboxylic acid groups (broad SMARTS) is 1. The maximum atomic E-state index is 12.1. The molecular weight excluding hydrogens is 234 g/mol. The molecule has 0 aliphatic carbocycles. The van der Waals surface area contributed by atoms with Crippen LogP contribution in [-0.2, 0) is 19.6 Å². The SMILES string of the molecule is O=C(O)C1CCCN1S(=O)(=O)C1CCOC1. The summed E-state index contributed by atoms with van der Waals surface area (Å²) < 4.78 is 30.4. The Kier molecular flexibility index (Phi) is 3.18. The van der Waals surface area contributed by atoms with Crippen LogP contribution in [0.4, 0.5) is 0 Å². The van der Waals surface area contributed by atoms with E-state index in [1.54, 1.807) is 0 Å². The molecule has 2 fully saturated rings. The molecule has 0 radical (unpaired) electrons. The molecule has 0 saturated carbocycles. The summed E-state index contributed by atoms with van der Waals surface area (Å²) in [6.07, 6.45) is 1.48. The highest BCUT2D eigenvalue weighted by molar-refractivity contribution is 7.89. The summed E-state index contributed by atoms with van der Waals surface area (Å²) in [4.78, 5) is 10.9. The van der Waals surface area contributed by atoms with Gasteiger partial charge in [-0.05, 0) is 19.3 Å². The summed E-state index contributed by atoms with van der Waals surface area (Å²) in [5, 5.41) is 8.39. The second kappa shape index (κ2) is 4.31. The second-order valence-electron chi connectivity index (χ2n) is 4.14. The molecule has 1 N–H and O–H groups in total. The number of hydrogen-bond acceptors (Lipinski definition) is 4. The fourth-order valence-corrected chi connectivity index (χ4v) is 4.21. The van der Waals surface area contributed by atoms with Crippen molar-refractivity contribution in [3.63, 3.8) is 0 Å². The van der Waals surface area contributed by atoms with Gasteiger partial charge in [-0.25, -0.2) is 8.42 Å². The van der Waals surface area contributed by atoms with Gasteiger partial charge in [0, 0.05) is 13.2 Å².